The molecule has 0 aliphatic carbocycles. The molecule has 130 valence electrons. The molecule has 0 aliphatic heterocycles. The van der Waals surface area contributed by atoms with E-state index < -0.39 is 0 Å². The number of hydrogen-bond donors (Lipinski definition) is 2. The minimum Gasteiger partial charge on any atom is -0.357 e. The summed E-state index contributed by atoms with van der Waals surface area (Å²) in [6.07, 6.45) is 0.982. The molecule has 0 saturated carbocycles. The smallest absolute Gasteiger partial charge is 0.191 e. The van der Waals surface area contributed by atoms with Crippen LogP contribution in [0.3, 0.4) is 0 Å². The van der Waals surface area contributed by atoms with Gasteiger partial charge in [0.25, 0.3) is 0 Å². The standard InChI is InChI=1S/C19H28N4S/c1-5-20-18(21-12-11-15-9-7-6-8-10-15)22-13-16-14-24-17(23-16)19(2,3)4/h6-10,14H,5,11-13H2,1-4H3,(H2,20,21,22). The number of hydrogen-bond acceptors (Lipinski definition) is 3. The lowest BCUT2D eigenvalue weighted by Gasteiger charge is -2.13. The van der Waals surface area contributed by atoms with Crippen molar-refractivity contribution < 1.29 is 0 Å². The van der Waals surface area contributed by atoms with Crippen LogP contribution < -0.4 is 10.6 Å². The Morgan fingerprint density at radius 3 is 2.54 bits per heavy atom. The quantitative estimate of drug-likeness (QED) is 0.620. The highest BCUT2D eigenvalue weighted by atomic mass is 32.1. The van der Waals surface area contributed by atoms with E-state index in [-0.39, 0.29) is 5.41 Å². The van der Waals surface area contributed by atoms with E-state index in [9.17, 15) is 0 Å². The van der Waals surface area contributed by atoms with E-state index in [4.69, 9.17) is 4.98 Å². The van der Waals surface area contributed by atoms with Crippen LogP contribution in [0.15, 0.2) is 40.7 Å². The molecule has 0 aliphatic rings. The van der Waals surface area contributed by atoms with Crippen LogP contribution >= 0.6 is 11.3 Å². The summed E-state index contributed by atoms with van der Waals surface area (Å²) >= 11 is 1.72. The molecule has 1 aromatic carbocycles. The van der Waals surface area contributed by atoms with Crippen LogP contribution in [0.5, 0.6) is 0 Å². The predicted molar refractivity (Wildman–Crippen MR) is 104 cm³/mol. The summed E-state index contributed by atoms with van der Waals surface area (Å²) < 4.78 is 0. The van der Waals surface area contributed by atoms with E-state index in [0.29, 0.717) is 6.54 Å². The molecule has 0 atom stereocenters. The second-order valence-electron chi connectivity index (χ2n) is 6.75. The Labute approximate surface area is 149 Å². The average Bonchev–Trinajstić information content (AvgIpc) is 3.03. The number of benzene rings is 1. The number of aromatic nitrogens is 1. The van der Waals surface area contributed by atoms with Gasteiger partial charge in [-0.05, 0) is 18.9 Å². The molecule has 0 fully saturated rings. The lowest BCUT2D eigenvalue weighted by atomic mass is 9.98. The van der Waals surface area contributed by atoms with Crippen LogP contribution in [0.4, 0.5) is 0 Å². The molecule has 2 aromatic rings. The first-order chi connectivity index (χ1) is 11.5. The van der Waals surface area contributed by atoms with Crippen LogP contribution in [0.1, 0.15) is 44.0 Å². The van der Waals surface area contributed by atoms with E-state index in [1.807, 2.05) is 6.07 Å². The topological polar surface area (TPSA) is 49.3 Å². The van der Waals surface area contributed by atoms with Gasteiger partial charge in [-0.3, -0.25) is 0 Å². The zero-order valence-electron chi connectivity index (χ0n) is 15.1. The molecular formula is C19H28N4S. The molecule has 5 heteroatoms. The average molecular weight is 345 g/mol. The number of nitrogens with one attached hydrogen (secondary N) is 2. The van der Waals surface area contributed by atoms with Crippen molar-refractivity contribution in [2.45, 2.75) is 46.1 Å². The van der Waals surface area contributed by atoms with Gasteiger partial charge in [0.1, 0.15) is 0 Å². The zero-order chi connectivity index (χ0) is 17.4. The molecule has 4 nitrogen and oxygen atoms in total. The van der Waals surface area contributed by atoms with E-state index in [0.717, 1.165) is 36.2 Å². The first-order valence-electron chi connectivity index (χ1n) is 8.50. The molecule has 2 N–H and O–H groups in total. The summed E-state index contributed by atoms with van der Waals surface area (Å²) in [6.45, 7) is 11.0. The van der Waals surface area contributed by atoms with Gasteiger partial charge in [-0.25, -0.2) is 9.98 Å². The second-order valence-corrected chi connectivity index (χ2v) is 7.61. The Kier molecular flexibility index (Phi) is 6.79. The van der Waals surface area contributed by atoms with E-state index >= 15 is 0 Å². The minimum absolute atomic E-state index is 0.102. The first kappa shape index (κ1) is 18.5. The maximum absolute atomic E-state index is 4.70. The summed E-state index contributed by atoms with van der Waals surface area (Å²) in [5.74, 6) is 0.846. The highest BCUT2D eigenvalue weighted by Crippen LogP contribution is 2.25. The highest BCUT2D eigenvalue weighted by Gasteiger charge is 2.17. The molecule has 2 rings (SSSR count). The fourth-order valence-electron chi connectivity index (χ4n) is 2.20. The monoisotopic (exact) mass is 344 g/mol. The van der Waals surface area contributed by atoms with Gasteiger partial charge in [0.15, 0.2) is 5.96 Å². The third-order valence-electron chi connectivity index (χ3n) is 3.49. The van der Waals surface area contributed by atoms with Gasteiger partial charge >= 0.3 is 0 Å². The van der Waals surface area contributed by atoms with Crippen molar-refractivity contribution in [1.29, 1.82) is 0 Å². The van der Waals surface area contributed by atoms with E-state index in [1.165, 1.54) is 5.56 Å². The lowest BCUT2D eigenvalue weighted by Crippen LogP contribution is -2.38. The maximum Gasteiger partial charge on any atom is 0.191 e. The Balaban J connectivity index is 1.89. The van der Waals surface area contributed by atoms with Gasteiger partial charge in [-0.15, -0.1) is 11.3 Å². The molecule has 0 unspecified atom stereocenters. The maximum atomic E-state index is 4.70. The lowest BCUT2D eigenvalue weighted by molar-refractivity contribution is 0.583. The molecular weight excluding hydrogens is 316 g/mol. The van der Waals surface area contributed by atoms with Crippen LogP contribution in [0.2, 0.25) is 0 Å². The summed E-state index contributed by atoms with van der Waals surface area (Å²) in [5, 5.41) is 9.95. The summed E-state index contributed by atoms with van der Waals surface area (Å²) in [7, 11) is 0. The van der Waals surface area contributed by atoms with Crippen molar-refractivity contribution in [3.05, 3.63) is 52.0 Å². The first-order valence-corrected chi connectivity index (χ1v) is 9.38. The van der Waals surface area contributed by atoms with Crippen molar-refractivity contribution in [2.75, 3.05) is 13.1 Å². The van der Waals surface area contributed by atoms with Crippen molar-refractivity contribution >= 4 is 17.3 Å². The molecule has 0 radical (unpaired) electrons. The Morgan fingerprint density at radius 2 is 1.92 bits per heavy atom. The molecule has 1 aromatic heterocycles. The SMILES string of the molecule is CCNC(=NCc1csc(C(C)(C)C)n1)NCCc1ccccc1. The van der Waals surface area contributed by atoms with Gasteiger partial charge in [0, 0.05) is 23.9 Å². The molecule has 0 bridgehead atoms. The number of guanidine groups is 1. The van der Waals surface area contributed by atoms with Crippen LogP contribution in [0, 0.1) is 0 Å². The van der Waals surface area contributed by atoms with Crippen LogP contribution in [-0.2, 0) is 18.4 Å². The van der Waals surface area contributed by atoms with Gasteiger partial charge in [-0.1, -0.05) is 51.1 Å². The van der Waals surface area contributed by atoms with Crippen molar-refractivity contribution in [2.24, 2.45) is 4.99 Å². The highest BCUT2D eigenvalue weighted by molar-refractivity contribution is 7.09. The van der Waals surface area contributed by atoms with Gasteiger partial charge < -0.3 is 10.6 Å². The normalized spacial score (nSPS) is 12.2. The van der Waals surface area contributed by atoms with Crippen LogP contribution in [-0.4, -0.2) is 24.0 Å². The number of aliphatic imine (C=N–C) groups is 1. The van der Waals surface area contributed by atoms with E-state index in [2.05, 4.69) is 73.0 Å². The summed E-state index contributed by atoms with van der Waals surface area (Å²) in [4.78, 5) is 9.35. The third kappa shape index (κ3) is 5.96. The number of thiazole rings is 1. The Hall–Kier alpha value is -1.88. The van der Waals surface area contributed by atoms with Crippen molar-refractivity contribution in [3.8, 4) is 0 Å². The number of nitrogens with zero attached hydrogens (tertiary/aromatic N) is 2. The molecule has 0 spiro atoms. The fourth-order valence-corrected chi connectivity index (χ4v) is 3.09. The van der Waals surface area contributed by atoms with E-state index in [1.54, 1.807) is 11.3 Å². The Bertz CT molecular complexity index is 641. The molecule has 0 amide bonds. The molecule has 0 saturated heterocycles. The van der Waals surface area contributed by atoms with Crippen molar-refractivity contribution in [3.63, 3.8) is 0 Å². The minimum atomic E-state index is 0.102. The molecule has 24 heavy (non-hydrogen) atoms. The largest absolute Gasteiger partial charge is 0.357 e. The number of rotatable bonds is 6. The molecule has 1 heterocycles. The second kappa shape index (κ2) is 8.83. The van der Waals surface area contributed by atoms with Crippen molar-refractivity contribution in [1.82, 2.24) is 15.6 Å². The van der Waals surface area contributed by atoms with Crippen LogP contribution in [0.25, 0.3) is 0 Å². The Morgan fingerprint density at radius 1 is 1.17 bits per heavy atom. The van der Waals surface area contributed by atoms with Gasteiger partial charge in [0.05, 0.1) is 17.2 Å². The third-order valence-corrected chi connectivity index (χ3v) is 4.80. The van der Waals surface area contributed by atoms with Gasteiger partial charge in [0.2, 0.25) is 0 Å². The summed E-state index contributed by atoms with van der Waals surface area (Å²) in [5.41, 5.74) is 2.46. The van der Waals surface area contributed by atoms with Gasteiger partial charge in [-0.2, -0.15) is 0 Å². The zero-order valence-corrected chi connectivity index (χ0v) is 15.9. The summed E-state index contributed by atoms with van der Waals surface area (Å²) in [6, 6.07) is 10.5. The fraction of sp³-hybridized carbons (Fsp3) is 0.474. The predicted octanol–water partition coefficient (Wildman–Crippen LogP) is 3.74.